The molecule has 0 saturated heterocycles. The maximum Gasteiger partial charge on any atom is 1.00 e. The maximum absolute atomic E-state index is 10.2. The van der Waals surface area contributed by atoms with Gasteiger partial charge in [0, 0.05) is 0 Å². The molecular weight excluding hydrogens is 106 g/mol. The van der Waals surface area contributed by atoms with Crippen LogP contribution in [0.2, 0.25) is 0 Å². The molecule has 2 N–H and O–H groups in total. The Hall–Kier alpha value is -1.25. The SMILES string of the molecule is NC(=O)c1ccoc1.[H+]. The number of hydrogen-bond acceptors (Lipinski definition) is 2. The van der Waals surface area contributed by atoms with Crippen LogP contribution in [0.5, 0.6) is 0 Å². The molecule has 8 heavy (non-hydrogen) atoms. The summed E-state index contributed by atoms with van der Waals surface area (Å²) in [6.45, 7) is 0. The molecule has 0 saturated carbocycles. The summed E-state index contributed by atoms with van der Waals surface area (Å²) in [4.78, 5) is 10.2. The summed E-state index contributed by atoms with van der Waals surface area (Å²) in [5, 5.41) is 0. The number of furan rings is 1. The quantitative estimate of drug-likeness (QED) is 0.574. The van der Waals surface area contributed by atoms with Crippen LogP contribution in [0.4, 0.5) is 0 Å². The lowest BCUT2D eigenvalue weighted by atomic mass is 10.3. The first-order chi connectivity index (χ1) is 3.80. The number of primary amides is 1. The fourth-order valence-corrected chi connectivity index (χ4v) is 0.405. The highest BCUT2D eigenvalue weighted by Crippen LogP contribution is 1.96. The van der Waals surface area contributed by atoms with Crippen molar-refractivity contribution in [3.63, 3.8) is 0 Å². The van der Waals surface area contributed by atoms with Gasteiger partial charge in [-0.05, 0) is 6.07 Å². The molecule has 0 radical (unpaired) electrons. The molecule has 1 amide bonds. The number of rotatable bonds is 1. The monoisotopic (exact) mass is 112 g/mol. The number of nitrogens with two attached hydrogens (primary N) is 1. The van der Waals surface area contributed by atoms with Crippen LogP contribution in [-0.2, 0) is 0 Å². The molecule has 1 aromatic rings. The van der Waals surface area contributed by atoms with E-state index in [1.807, 2.05) is 0 Å². The zero-order valence-electron chi connectivity index (χ0n) is 5.13. The van der Waals surface area contributed by atoms with E-state index in [2.05, 4.69) is 4.42 Å². The molecule has 0 aliphatic carbocycles. The Labute approximate surface area is 47.6 Å². The summed E-state index contributed by atoms with van der Waals surface area (Å²) in [6, 6.07) is 1.52. The minimum Gasteiger partial charge on any atom is -0.472 e. The standard InChI is InChI=1S/C5H5NO2/c6-5(7)4-1-2-8-3-4/h1-3H,(H2,6,7)/p+1. The molecule has 0 unspecified atom stereocenters. The van der Waals surface area contributed by atoms with E-state index in [0.717, 1.165) is 0 Å². The second-order valence-electron chi connectivity index (χ2n) is 1.38. The average Bonchev–Trinajstić information content (AvgIpc) is 2.12. The van der Waals surface area contributed by atoms with Crippen molar-refractivity contribution in [3.05, 3.63) is 24.2 Å². The summed E-state index contributed by atoms with van der Waals surface area (Å²) in [6.07, 6.45) is 2.71. The van der Waals surface area contributed by atoms with Crippen LogP contribution in [0.25, 0.3) is 0 Å². The third kappa shape index (κ3) is 0.703. The summed E-state index contributed by atoms with van der Waals surface area (Å²) < 4.78 is 4.57. The average molecular weight is 112 g/mol. The molecule has 0 aliphatic rings. The molecule has 1 aromatic heterocycles. The molecule has 0 spiro atoms. The zero-order chi connectivity index (χ0) is 5.98. The van der Waals surface area contributed by atoms with E-state index in [0.29, 0.717) is 5.56 Å². The van der Waals surface area contributed by atoms with Crippen LogP contribution in [0.3, 0.4) is 0 Å². The molecule has 0 aromatic carbocycles. The van der Waals surface area contributed by atoms with Crippen LogP contribution in [-0.4, -0.2) is 5.91 Å². The molecule has 1 heterocycles. The summed E-state index contributed by atoms with van der Waals surface area (Å²) >= 11 is 0. The van der Waals surface area contributed by atoms with E-state index >= 15 is 0 Å². The van der Waals surface area contributed by atoms with Crippen LogP contribution in [0, 0.1) is 0 Å². The van der Waals surface area contributed by atoms with Crippen LogP contribution < -0.4 is 5.73 Å². The van der Waals surface area contributed by atoms with Crippen molar-refractivity contribution in [2.75, 3.05) is 0 Å². The highest BCUT2D eigenvalue weighted by atomic mass is 16.3. The molecular formula is C5H6NO2+. The molecule has 3 nitrogen and oxygen atoms in total. The van der Waals surface area contributed by atoms with Crippen LogP contribution in [0.1, 0.15) is 11.8 Å². The fraction of sp³-hybridized carbons (Fsp3) is 0. The van der Waals surface area contributed by atoms with E-state index < -0.39 is 5.91 Å². The third-order valence-electron chi connectivity index (χ3n) is 0.806. The second-order valence-corrected chi connectivity index (χ2v) is 1.38. The van der Waals surface area contributed by atoms with Crippen molar-refractivity contribution in [3.8, 4) is 0 Å². The van der Waals surface area contributed by atoms with Gasteiger partial charge in [0.25, 0.3) is 5.91 Å². The van der Waals surface area contributed by atoms with E-state index in [1.165, 1.54) is 18.6 Å². The molecule has 0 bridgehead atoms. The van der Waals surface area contributed by atoms with Crippen molar-refractivity contribution in [2.24, 2.45) is 5.73 Å². The maximum atomic E-state index is 10.2. The van der Waals surface area contributed by atoms with Crippen molar-refractivity contribution in [2.45, 2.75) is 0 Å². The number of hydrogen-bond donors (Lipinski definition) is 1. The van der Waals surface area contributed by atoms with E-state index in [9.17, 15) is 4.79 Å². The van der Waals surface area contributed by atoms with E-state index in [1.54, 1.807) is 0 Å². The van der Waals surface area contributed by atoms with Gasteiger partial charge in [-0.3, -0.25) is 4.79 Å². The second kappa shape index (κ2) is 1.69. The van der Waals surface area contributed by atoms with Gasteiger partial charge < -0.3 is 10.2 Å². The topological polar surface area (TPSA) is 56.2 Å². The molecule has 0 fully saturated rings. The minimum absolute atomic E-state index is 0. The molecule has 3 heteroatoms. The smallest absolute Gasteiger partial charge is 0.472 e. The largest absolute Gasteiger partial charge is 1.00 e. The van der Waals surface area contributed by atoms with Crippen molar-refractivity contribution >= 4 is 5.91 Å². The van der Waals surface area contributed by atoms with Gasteiger partial charge in [0.2, 0.25) is 0 Å². The van der Waals surface area contributed by atoms with Gasteiger partial charge in [0.1, 0.15) is 6.26 Å². The van der Waals surface area contributed by atoms with Crippen molar-refractivity contribution < 1.29 is 10.6 Å². The Morgan fingerprint density at radius 1 is 1.88 bits per heavy atom. The van der Waals surface area contributed by atoms with Crippen LogP contribution in [0.15, 0.2) is 23.0 Å². The number of carbonyl (C=O) groups excluding carboxylic acids is 1. The van der Waals surface area contributed by atoms with Gasteiger partial charge in [0.15, 0.2) is 0 Å². The molecule has 42 valence electrons. The minimum atomic E-state index is -0.459. The summed E-state index contributed by atoms with van der Waals surface area (Å²) in [7, 11) is 0. The Morgan fingerprint density at radius 2 is 2.62 bits per heavy atom. The lowest BCUT2D eigenvalue weighted by Gasteiger charge is -1.78. The fourth-order valence-electron chi connectivity index (χ4n) is 0.405. The van der Waals surface area contributed by atoms with Gasteiger partial charge >= 0.3 is 1.43 Å². The molecule has 0 atom stereocenters. The van der Waals surface area contributed by atoms with Crippen LogP contribution >= 0.6 is 0 Å². The predicted octanol–water partition coefficient (Wildman–Crippen LogP) is 0.491. The zero-order valence-corrected chi connectivity index (χ0v) is 4.13. The molecule has 0 aliphatic heterocycles. The normalized spacial score (nSPS) is 9.00. The highest BCUT2D eigenvalue weighted by Gasteiger charge is 1.97. The lowest BCUT2D eigenvalue weighted by molar-refractivity contribution is 0.0999. The Morgan fingerprint density at radius 3 is 2.88 bits per heavy atom. The third-order valence-corrected chi connectivity index (χ3v) is 0.806. The number of carbonyl (C=O) groups is 1. The van der Waals surface area contributed by atoms with Gasteiger partial charge in [-0.15, -0.1) is 0 Å². The number of amides is 1. The van der Waals surface area contributed by atoms with E-state index in [-0.39, 0.29) is 1.43 Å². The Bertz CT molecular complexity index is 183. The van der Waals surface area contributed by atoms with Gasteiger partial charge in [-0.25, -0.2) is 0 Å². The summed E-state index contributed by atoms with van der Waals surface area (Å²) in [5.41, 5.74) is 5.27. The van der Waals surface area contributed by atoms with Gasteiger partial charge in [-0.1, -0.05) is 0 Å². The van der Waals surface area contributed by atoms with E-state index in [4.69, 9.17) is 5.73 Å². The van der Waals surface area contributed by atoms with Gasteiger partial charge in [0.05, 0.1) is 11.8 Å². The predicted molar refractivity (Wildman–Crippen MR) is 28.3 cm³/mol. The highest BCUT2D eigenvalue weighted by molar-refractivity contribution is 5.92. The Balaban J connectivity index is 0.000000640. The van der Waals surface area contributed by atoms with Crippen molar-refractivity contribution in [1.29, 1.82) is 0 Å². The van der Waals surface area contributed by atoms with Gasteiger partial charge in [-0.2, -0.15) is 0 Å². The first kappa shape index (κ1) is 4.90. The first-order valence-electron chi connectivity index (χ1n) is 2.12. The summed E-state index contributed by atoms with van der Waals surface area (Å²) in [5.74, 6) is -0.459. The first-order valence-corrected chi connectivity index (χ1v) is 2.12. The van der Waals surface area contributed by atoms with Crippen molar-refractivity contribution in [1.82, 2.24) is 0 Å². The lowest BCUT2D eigenvalue weighted by Crippen LogP contribution is -2.08. The molecule has 1 rings (SSSR count). The Kier molecular flexibility index (Phi) is 1.04.